The van der Waals surface area contributed by atoms with Gasteiger partial charge in [-0.25, -0.2) is 0 Å². The average Bonchev–Trinajstić information content (AvgIpc) is 2.73. The Bertz CT molecular complexity index is 415. The van der Waals surface area contributed by atoms with Gasteiger partial charge in [-0.15, -0.1) is 0 Å². The first-order valence-corrected chi connectivity index (χ1v) is 12.7. The monoisotopic (exact) mass is 408 g/mol. The second-order valence-electron chi connectivity index (χ2n) is 8.90. The maximum Gasteiger partial charge on any atom is 0.222 e. The fourth-order valence-electron chi connectivity index (χ4n) is 4.15. The molecule has 0 atom stereocenters. The highest BCUT2D eigenvalue weighted by molar-refractivity contribution is 5.79. The zero-order valence-corrected chi connectivity index (χ0v) is 19.6. The van der Waals surface area contributed by atoms with Crippen molar-refractivity contribution in [3.05, 3.63) is 0 Å². The lowest BCUT2D eigenvalue weighted by molar-refractivity contribution is -0.133. The van der Waals surface area contributed by atoms with Crippen LogP contribution < -0.4 is 0 Å². The Kier molecular flexibility index (Phi) is 16.1. The molecule has 0 aromatic heterocycles. The van der Waals surface area contributed by atoms with Crippen LogP contribution in [-0.4, -0.2) is 54.2 Å². The number of piperidine rings is 2. The van der Waals surface area contributed by atoms with Gasteiger partial charge in [-0.1, -0.05) is 71.6 Å². The van der Waals surface area contributed by atoms with Crippen LogP contribution >= 0.6 is 0 Å². The van der Waals surface area contributed by atoms with E-state index in [0.29, 0.717) is 11.7 Å². The topological polar surface area (TPSA) is 40.6 Å². The molecule has 170 valence electrons. The van der Waals surface area contributed by atoms with Gasteiger partial charge < -0.3 is 9.80 Å². The Morgan fingerprint density at radius 1 is 0.621 bits per heavy atom. The first-order chi connectivity index (χ1) is 14.2. The Labute approximate surface area is 180 Å². The predicted octanol–water partition coefficient (Wildman–Crippen LogP) is 5.98. The predicted molar refractivity (Wildman–Crippen MR) is 123 cm³/mol. The van der Waals surface area contributed by atoms with Crippen molar-refractivity contribution in [2.45, 2.75) is 117 Å². The summed E-state index contributed by atoms with van der Waals surface area (Å²) in [5.74, 6) is 0.834. The minimum Gasteiger partial charge on any atom is -0.343 e. The standard InChI is InChI=1S/C13H25NO.C12H23NO/c1-2-3-4-5-6-7-10-14-11-8-13(15)9-12-14;1-2-3-4-5-7-10-13-11-8-6-9-12(13)14/h2-12H2,1H3;2-11H2,1H3. The van der Waals surface area contributed by atoms with Gasteiger partial charge in [0.2, 0.25) is 5.91 Å². The summed E-state index contributed by atoms with van der Waals surface area (Å²) >= 11 is 0. The second kappa shape index (κ2) is 17.9. The van der Waals surface area contributed by atoms with Gasteiger partial charge in [0.15, 0.2) is 0 Å². The van der Waals surface area contributed by atoms with E-state index in [4.69, 9.17) is 0 Å². The highest BCUT2D eigenvalue weighted by atomic mass is 16.2. The third-order valence-corrected chi connectivity index (χ3v) is 6.19. The lowest BCUT2D eigenvalue weighted by Gasteiger charge is -2.26. The van der Waals surface area contributed by atoms with E-state index in [1.165, 1.54) is 83.6 Å². The van der Waals surface area contributed by atoms with E-state index in [1.807, 2.05) is 0 Å². The number of nitrogens with zero attached hydrogens (tertiary/aromatic N) is 2. The van der Waals surface area contributed by atoms with Crippen LogP contribution in [0.2, 0.25) is 0 Å². The van der Waals surface area contributed by atoms with Gasteiger partial charge in [-0.2, -0.15) is 0 Å². The van der Waals surface area contributed by atoms with Crippen molar-refractivity contribution in [1.82, 2.24) is 9.80 Å². The summed E-state index contributed by atoms with van der Waals surface area (Å²) in [4.78, 5) is 27.0. The molecule has 0 N–H and O–H groups in total. The van der Waals surface area contributed by atoms with E-state index in [2.05, 4.69) is 23.6 Å². The molecule has 2 aliphatic heterocycles. The van der Waals surface area contributed by atoms with Crippen molar-refractivity contribution in [2.75, 3.05) is 32.7 Å². The van der Waals surface area contributed by atoms with Crippen molar-refractivity contribution in [3.8, 4) is 0 Å². The molecule has 0 saturated carbocycles. The van der Waals surface area contributed by atoms with E-state index in [1.54, 1.807) is 0 Å². The average molecular weight is 409 g/mol. The fourth-order valence-corrected chi connectivity index (χ4v) is 4.15. The first kappa shape index (κ1) is 26.1. The fraction of sp³-hybridized carbons (Fsp3) is 0.920. The summed E-state index contributed by atoms with van der Waals surface area (Å²) < 4.78 is 0. The molecule has 0 unspecified atom stereocenters. The van der Waals surface area contributed by atoms with E-state index in [-0.39, 0.29) is 0 Å². The number of likely N-dealkylation sites (tertiary alicyclic amines) is 2. The third kappa shape index (κ3) is 13.9. The molecule has 2 saturated heterocycles. The van der Waals surface area contributed by atoms with Crippen molar-refractivity contribution in [1.29, 1.82) is 0 Å². The molecule has 0 aromatic rings. The van der Waals surface area contributed by atoms with Crippen molar-refractivity contribution in [2.24, 2.45) is 0 Å². The molecule has 0 radical (unpaired) electrons. The van der Waals surface area contributed by atoms with Crippen LogP contribution in [-0.2, 0) is 9.59 Å². The van der Waals surface area contributed by atoms with Crippen LogP contribution in [0.3, 0.4) is 0 Å². The molecule has 0 aliphatic carbocycles. The summed E-state index contributed by atoms with van der Waals surface area (Å²) in [6, 6.07) is 0. The third-order valence-electron chi connectivity index (χ3n) is 6.19. The van der Waals surface area contributed by atoms with Gasteiger partial charge in [-0.3, -0.25) is 9.59 Å². The molecule has 0 spiro atoms. The smallest absolute Gasteiger partial charge is 0.222 e. The number of Topliss-reactive ketones (excluding diaryl/α,β-unsaturated/α-hetero) is 1. The van der Waals surface area contributed by atoms with E-state index >= 15 is 0 Å². The number of unbranched alkanes of at least 4 members (excludes halogenated alkanes) is 9. The highest BCUT2D eigenvalue weighted by Crippen LogP contribution is 2.12. The molecule has 1 amide bonds. The summed E-state index contributed by atoms with van der Waals surface area (Å²) in [6.45, 7) is 9.72. The van der Waals surface area contributed by atoms with Crippen LogP contribution in [0, 0.1) is 0 Å². The molecule has 4 heteroatoms. The normalized spacial score (nSPS) is 17.9. The Morgan fingerprint density at radius 2 is 1.17 bits per heavy atom. The summed E-state index contributed by atoms with van der Waals surface area (Å²) in [5, 5.41) is 0. The number of rotatable bonds is 13. The van der Waals surface area contributed by atoms with Gasteiger partial charge in [0.1, 0.15) is 5.78 Å². The van der Waals surface area contributed by atoms with E-state index < -0.39 is 0 Å². The van der Waals surface area contributed by atoms with Gasteiger partial charge in [0, 0.05) is 45.4 Å². The van der Waals surface area contributed by atoms with Gasteiger partial charge >= 0.3 is 0 Å². The Balaban J connectivity index is 0.000000291. The van der Waals surface area contributed by atoms with Crippen LogP contribution in [0.4, 0.5) is 0 Å². The first-order valence-electron chi connectivity index (χ1n) is 12.7. The Hall–Kier alpha value is -0.900. The van der Waals surface area contributed by atoms with Crippen molar-refractivity contribution >= 4 is 11.7 Å². The number of hydrogen-bond donors (Lipinski definition) is 0. The van der Waals surface area contributed by atoms with Gasteiger partial charge in [0.05, 0.1) is 0 Å². The number of hydrogen-bond acceptors (Lipinski definition) is 3. The minimum atomic E-state index is 0.381. The molecular formula is C25H48N2O2. The van der Waals surface area contributed by atoms with Gasteiger partial charge in [-0.05, 0) is 32.2 Å². The van der Waals surface area contributed by atoms with Crippen LogP contribution in [0.5, 0.6) is 0 Å². The zero-order chi connectivity index (χ0) is 21.2. The minimum absolute atomic E-state index is 0.381. The summed E-state index contributed by atoms with van der Waals surface area (Å²) in [6.07, 6.45) is 19.3. The molecule has 2 heterocycles. The van der Waals surface area contributed by atoms with Gasteiger partial charge in [0.25, 0.3) is 0 Å². The molecule has 2 aliphatic rings. The van der Waals surface area contributed by atoms with E-state index in [9.17, 15) is 9.59 Å². The lowest BCUT2D eigenvalue weighted by atomic mass is 10.1. The zero-order valence-electron chi connectivity index (χ0n) is 19.6. The van der Waals surface area contributed by atoms with Crippen molar-refractivity contribution in [3.63, 3.8) is 0 Å². The number of carbonyl (C=O) groups excluding carboxylic acids is 2. The Morgan fingerprint density at radius 3 is 1.76 bits per heavy atom. The summed E-state index contributed by atoms with van der Waals surface area (Å²) in [7, 11) is 0. The van der Waals surface area contributed by atoms with Crippen molar-refractivity contribution < 1.29 is 9.59 Å². The SMILES string of the molecule is CCCCCCCCN1CCC(=O)CC1.CCCCCCCN1CCCCC1=O. The van der Waals surface area contributed by atoms with E-state index in [0.717, 1.165) is 51.9 Å². The van der Waals surface area contributed by atoms with Crippen LogP contribution in [0.15, 0.2) is 0 Å². The van der Waals surface area contributed by atoms with Crippen LogP contribution in [0.1, 0.15) is 117 Å². The number of carbonyl (C=O) groups is 2. The molecule has 2 fully saturated rings. The molecule has 2 rings (SSSR count). The second-order valence-corrected chi connectivity index (χ2v) is 8.90. The molecule has 0 bridgehead atoms. The molecule has 29 heavy (non-hydrogen) atoms. The largest absolute Gasteiger partial charge is 0.343 e. The lowest BCUT2D eigenvalue weighted by Crippen LogP contribution is -2.35. The maximum absolute atomic E-state index is 11.4. The summed E-state index contributed by atoms with van der Waals surface area (Å²) in [5.41, 5.74) is 0. The van der Waals surface area contributed by atoms with Crippen LogP contribution in [0.25, 0.3) is 0 Å². The number of amides is 1. The number of ketones is 1. The maximum atomic E-state index is 11.4. The molecule has 4 nitrogen and oxygen atoms in total. The molecular weight excluding hydrogens is 360 g/mol. The highest BCUT2D eigenvalue weighted by Gasteiger charge is 2.16. The quantitative estimate of drug-likeness (QED) is 0.352. The molecule has 0 aromatic carbocycles.